The lowest BCUT2D eigenvalue weighted by molar-refractivity contribution is 0.466. The average Bonchev–Trinajstić information content (AvgIpc) is 2.86. The lowest BCUT2D eigenvalue weighted by Gasteiger charge is -2.18. The molecule has 0 fully saturated rings. The van der Waals surface area contributed by atoms with E-state index in [2.05, 4.69) is 16.9 Å². The molecule has 21 heavy (non-hydrogen) atoms. The summed E-state index contributed by atoms with van der Waals surface area (Å²) in [5.74, 6) is 2.27. The summed E-state index contributed by atoms with van der Waals surface area (Å²) in [5.41, 5.74) is 1.40. The number of fused-ring (bicyclic) bond motifs is 3. The fraction of sp³-hybridized carbons (Fsp3) is 0.294. The topological polar surface area (TPSA) is 35.0 Å². The number of nitrogens with zero attached hydrogens (tertiary/aromatic N) is 2. The van der Waals surface area contributed by atoms with Gasteiger partial charge in [-0.15, -0.1) is 11.3 Å². The monoisotopic (exact) mass is 296 g/mol. The normalized spacial score (nSPS) is 17.7. The highest BCUT2D eigenvalue weighted by Crippen LogP contribution is 2.41. The first-order chi connectivity index (χ1) is 10.3. The number of ether oxygens (including phenoxy) is 1. The summed E-state index contributed by atoms with van der Waals surface area (Å²) in [7, 11) is 0. The van der Waals surface area contributed by atoms with Gasteiger partial charge in [0.25, 0.3) is 0 Å². The van der Waals surface area contributed by atoms with Crippen LogP contribution < -0.4 is 4.74 Å². The number of para-hydroxylation sites is 1. The van der Waals surface area contributed by atoms with Crippen molar-refractivity contribution >= 4 is 21.6 Å². The molecule has 2 heterocycles. The molecule has 0 N–H and O–H groups in total. The number of hydrogen-bond acceptors (Lipinski definition) is 4. The molecule has 1 aliphatic carbocycles. The molecular weight excluding hydrogens is 280 g/mol. The summed E-state index contributed by atoms with van der Waals surface area (Å²) in [6.07, 6.45) is 5.10. The van der Waals surface area contributed by atoms with Gasteiger partial charge in [-0.2, -0.15) is 0 Å². The summed E-state index contributed by atoms with van der Waals surface area (Å²) in [4.78, 5) is 11.3. The number of aryl methyl sites for hydroxylation is 1. The van der Waals surface area contributed by atoms with Gasteiger partial charge in [-0.3, -0.25) is 0 Å². The fourth-order valence-corrected chi connectivity index (χ4v) is 4.26. The van der Waals surface area contributed by atoms with E-state index < -0.39 is 0 Å². The molecule has 3 nitrogen and oxygen atoms in total. The molecule has 0 spiro atoms. The number of benzene rings is 1. The fourth-order valence-electron chi connectivity index (χ4n) is 2.92. The Hall–Kier alpha value is -1.94. The molecule has 3 aromatic rings. The first kappa shape index (κ1) is 12.8. The van der Waals surface area contributed by atoms with E-state index >= 15 is 0 Å². The molecule has 106 valence electrons. The SMILES string of the molecule is C[C@H]1CCc2c(sc3ncnc(Oc4ccccc4)c23)C1. The smallest absolute Gasteiger partial charge is 0.231 e. The Kier molecular flexibility index (Phi) is 3.11. The van der Waals surface area contributed by atoms with E-state index in [0.29, 0.717) is 5.88 Å². The van der Waals surface area contributed by atoms with Crippen LogP contribution in [0.1, 0.15) is 23.8 Å². The maximum absolute atomic E-state index is 6.00. The number of thiophene rings is 1. The summed E-state index contributed by atoms with van der Waals surface area (Å²) in [6.45, 7) is 2.32. The van der Waals surface area contributed by atoms with Crippen LogP contribution in [-0.2, 0) is 12.8 Å². The summed E-state index contributed by atoms with van der Waals surface area (Å²) in [6, 6.07) is 9.83. The van der Waals surface area contributed by atoms with E-state index in [1.54, 1.807) is 17.7 Å². The lowest BCUT2D eigenvalue weighted by Crippen LogP contribution is -2.08. The lowest BCUT2D eigenvalue weighted by atomic mass is 9.89. The Morgan fingerprint density at radius 3 is 2.90 bits per heavy atom. The van der Waals surface area contributed by atoms with E-state index in [1.165, 1.54) is 16.9 Å². The second kappa shape index (κ2) is 5.11. The maximum Gasteiger partial charge on any atom is 0.231 e. The molecule has 0 saturated carbocycles. The van der Waals surface area contributed by atoms with Crippen molar-refractivity contribution in [1.82, 2.24) is 9.97 Å². The van der Waals surface area contributed by atoms with E-state index in [0.717, 1.165) is 34.7 Å². The summed E-state index contributed by atoms with van der Waals surface area (Å²) in [5, 5.41) is 1.12. The van der Waals surface area contributed by atoms with Crippen LogP contribution in [0, 0.1) is 5.92 Å². The van der Waals surface area contributed by atoms with E-state index in [9.17, 15) is 0 Å². The van der Waals surface area contributed by atoms with Gasteiger partial charge in [-0.05, 0) is 42.9 Å². The maximum atomic E-state index is 6.00. The molecule has 1 atom stereocenters. The van der Waals surface area contributed by atoms with Crippen LogP contribution in [0.2, 0.25) is 0 Å². The molecule has 0 saturated heterocycles. The van der Waals surface area contributed by atoms with Crippen molar-refractivity contribution in [2.45, 2.75) is 26.2 Å². The summed E-state index contributed by atoms with van der Waals surface area (Å²) < 4.78 is 6.00. The van der Waals surface area contributed by atoms with Gasteiger partial charge in [0.2, 0.25) is 5.88 Å². The second-order valence-electron chi connectivity index (χ2n) is 5.63. The first-order valence-electron chi connectivity index (χ1n) is 7.29. The van der Waals surface area contributed by atoms with Crippen LogP contribution in [0.4, 0.5) is 0 Å². The molecule has 4 rings (SSSR count). The molecule has 0 bridgehead atoms. The number of aromatic nitrogens is 2. The third-order valence-corrected chi connectivity index (χ3v) is 5.18. The Morgan fingerprint density at radius 2 is 2.05 bits per heavy atom. The largest absolute Gasteiger partial charge is 0.438 e. The van der Waals surface area contributed by atoms with Gasteiger partial charge < -0.3 is 4.74 Å². The molecular formula is C17H16N2OS. The third kappa shape index (κ3) is 2.29. The van der Waals surface area contributed by atoms with Crippen LogP contribution in [0.3, 0.4) is 0 Å². The van der Waals surface area contributed by atoms with E-state index in [-0.39, 0.29) is 0 Å². The van der Waals surface area contributed by atoms with E-state index in [1.807, 2.05) is 30.3 Å². The van der Waals surface area contributed by atoms with Gasteiger partial charge in [-0.25, -0.2) is 9.97 Å². The highest BCUT2D eigenvalue weighted by atomic mass is 32.1. The third-order valence-electron chi connectivity index (χ3n) is 4.01. The molecule has 4 heteroatoms. The van der Waals surface area contributed by atoms with Gasteiger partial charge in [0.1, 0.15) is 16.9 Å². The number of hydrogen-bond donors (Lipinski definition) is 0. The molecule has 0 aliphatic heterocycles. The van der Waals surface area contributed by atoms with Crippen LogP contribution >= 0.6 is 11.3 Å². The van der Waals surface area contributed by atoms with Crippen LogP contribution in [0.15, 0.2) is 36.7 Å². The quantitative estimate of drug-likeness (QED) is 0.692. The Morgan fingerprint density at radius 1 is 1.19 bits per heavy atom. The van der Waals surface area contributed by atoms with Crippen molar-refractivity contribution in [3.63, 3.8) is 0 Å². The zero-order chi connectivity index (χ0) is 14.2. The molecule has 1 aliphatic rings. The van der Waals surface area contributed by atoms with Crippen LogP contribution in [-0.4, -0.2) is 9.97 Å². The molecule has 1 aromatic carbocycles. The van der Waals surface area contributed by atoms with Crippen molar-refractivity contribution in [3.05, 3.63) is 47.1 Å². The minimum Gasteiger partial charge on any atom is -0.438 e. The predicted molar refractivity (Wildman–Crippen MR) is 85.1 cm³/mol. The van der Waals surface area contributed by atoms with E-state index in [4.69, 9.17) is 4.74 Å². The minimum atomic E-state index is 0.693. The highest BCUT2D eigenvalue weighted by molar-refractivity contribution is 7.18. The molecule has 0 amide bonds. The van der Waals surface area contributed by atoms with Gasteiger partial charge in [0.15, 0.2) is 0 Å². The van der Waals surface area contributed by atoms with Crippen LogP contribution in [0.5, 0.6) is 11.6 Å². The van der Waals surface area contributed by atoms with Gasteiger partial charge in [-0.1, -0.05) is 25.1 Å². The first-order valence-corrected chi connectivity index (χ1v) is 8.11. The van der Waals surface area contributed by atoms with Crippen molar-refractivity contribution in [3.8, 4) is 11.6 Å². The zero-order valence-corrected chi connectivity index (χ0v) is 12.7. The van der Waals surface area contributed by atoms with Crippen molar-refractivity contribution in [2.75, 3.05) is 0 Å². The molecule has 0 unspecified atom stereocenters. The van der Waals surface area contributed by atoms with Gasteiger partial charge in [0, 0.05) is 4.88 Å². The second-order valence-corrected chi connectivity index (χ2v) is 6.71. The number of rotatable bonds is 2. The molecule has 0 radical (unpaired) electrons. The summed E-state index contributed by atoms with van der Waals surface area (Å²) >= 11 is 1.80. The Balaban J connectivity index is 1.82. The van der Waals surface area contributed by atoms with Gasteiger partial charge >= 0.3 is 0 Å². The zero-order valence-electron chi connectivity index (χ0n) is 11.9. The average molecular weight is 296 g/mol. The minimum absolute atomic E-state index is 0.693. The standard InChI is InChI=1S/C17H16N2OS/c1-11-7-8-13-14(9-11)21-17-15(13)16(18-10-19-17)20-12-5-3-2-4-6-12/h2-6,10-11H,7-9H2,1H3/t11-/m0/s1. The van der Waals surface area contributed by atoms with Crippen molar-refractivity contribution in [2.24, 2.45) is 5.92 Å². The Bertz CT molecular complexity index is 782. The van der Waals surface area contributed by atoms with Crippen molar-refractivity contribution in [1.29, 1.82) is 0 Å². The molecule has 2 aromatic heterocycles. The Labute approximate surface area is 127 Å². The predicted octanol–water partition coefficient (Wildman–Crippen LogP) is 4.61. The van der Waals surface area contributed by atoms with Crippen molar-refractivity contribution < 1.29 is 4.74 Å². The highest BCUT2D eigenvalue weighted by Gasteiger charge is 2.23. The van der Waals surface area contributed by atoms with Gasteiger partial charge in [0.05, 0.1) is 5.39 Å². The van der Waals surface area contributed by atoms with Crippen LogP contribution in [0.25, 0.3) is 10.2 Å².